The minimum absolute atomic E-state index is 0.164. The summed E-state index contributed by atoms with van der Waals surface area (Å²) in [6, 6.07) is 14.7. The first-order valence-electron chi connectivity index (χ1n) is 8.28. The van der Waals surface area contributed by atoms with Gasteiger partial charge in [0.1, 0.15) is 11.5 Å². The number of thioether (sulfide) groups is 1. The number of anilines is 1. The predicted molar refractivity (Wildman–Crippen MR) is 103 cm³/mol. The summed E-state index contributed by atoms with van der Waals surface area (Å²) in [6.45, 7) is 2.42. The molecule has 1 heterocycles. The zero-order valence-electron chi connectivity index (χ0n) is 15.0. The van der Waals surface area contributed by atoms with Gasteiger partial charge in [0, 0.05) is 0 Å². The topological polar surface area (TPSA) is 91.2 Å². The van der Waals surface area contributed by atoms with Gasteiger partial charge in [-0.15, -0.1) is 5.10 Å². The van der Waals surface area contributed by atoms with Crippen LogP contribution in [0.4, 0.5) is 5.69 Å². The minimum atomic E-state index is -0.170. The van der Waals surface area contributed by atoms with E-state index in [1.165, 1.54) is 11.8 Å². The number of tetrazole rings is 1. The standard InChI is InChI=1S/C18H19N5O3S/c1-3-26-16-7-5-4-6-15(16)19-17(24)12-27-18-20-21-22-23(18)13-8-10-14(25-2)11-9-13/h4-11H,3,12H2,1-2H3,(H,19,24). The van der Waals surface area contributed by atoms with Gasteiger partial charge in [-0.2, -0.15) is 4.68 Å². The number of carbonyl (C=O) groups excluding carboxylic acids is 1. The van der Waals surface area contributed by atoms with Crippen molar-refractivity contribution in [3.05, 3.63) is 48.5 Å². The maximum absolute atomic E-state index is 12.3. The first-order valence-corrected chi connectivity index (χ1v) is 9.27. The summed E-state index contributed by atoms with van der Waals surface area (Å²) in [5, 5.41) is 15.0. The third-order valence-electron chi connectivity index (χ3n) is 3.55. The molecule has 3 aromatic rings. The molecule has 0 saturated carbocycles. The van der Waals surface area contributed by atoms with Crippen LogP contribution >= 0.6 is 11.8 Å². The molecule has 0 aliphatic carbocycles. The molecule has 0 spiro atoms. The van der Waals surface area contributed by atoms with Crippen molar-refractivity contribution < 1.29 is 14.3 Å². The van der Waals surface area contributed by atoms with Gasteiger partial charge in [-0.05, 0) is 53.7 Å². The molecule has 2 aromatic carbocycles. The normalized spacial score (nSPS) is 10.4. The fraction of sp³-hybridized carbons (Fsp3) is 0.222. The van der Waals surface area contributed by atoms with Crippen molar-refractivity contribution in [2.24, 2.45) is 0 Å². The molecular formula is C18H19N5O3S. The molecule has 0 aliphatic rings. The summed E-state index contributed by atoms with van der Waals surface area (Å²) in [6.07, 6.45) is 0. The van der Waals surface area contributed by atoms with E-state index in [4.69, 9.17) is 9.47 Å². The van der Waals surface area contributed by atoms with E-state index in [0.717, 1.165) is 11.4 Å². The van der Waals surface area contributed by atoms with Gasteiger partial charge in [0.05, 0.1) is 30.8 Å². The summed E-state index contributed by atoms with van der Waals surface area (Å²) in [7, 11) is 1.61. The average Bonchev–Trinajstić information content (AvgIpc) is 3.17. The third kappa shape index (κ3) is 4.76. The Balaban J connectivity index is 1.64. The monoisotopic (exact) mass is 385 g/mol. The third-order valence-corrected chi connectivity index (χ3v) is 4.47. The number of nitrogens with zero attached hydrogens (tertiary/aromatic N) is 4. The molecular weight excluding hydrogens is 366 g/mol. The maximum atomic E-state index is 12.3. The van der Waals surface area contributed by atoms with Gasteiger partial charge in [0.15, 0.2) is 0 Å². The number of methoxy groups -OCH3 is 1. The Hall–Kier alpha value is -3.07. The van der Waals surface area contributed by atoms with Crippen LogP contribution in [0.3, 0.4) is 0 Å². The van der Waals surface area contributed by atoms with E-state index in [9.17, 15) is 4.79 Å². The molecule has 0 saturated heterocycles. The second kappa shape index (κ2) is 9.04. The second-order valence-corrected chi connectivity index (χ2v) is 6.28. The summed E-state index contributed by atoms with van der Waals surface area (Å²) < 4.78 is 12.2. The molecule has 0 fully saturated rings. The fourth-order valence-electron chi connectivity index (χ4n) is 2.32. The Morgan fingerprint density at radius 2 is 1.96 bits per heavy atom. The number of aromatic nitrogens is 4. The molecule has 9 heteroatoms. The van der Waals surface area contributed by atoms with Crippen LogP contribution in [-0.2, 0) is 4.79 Å². The van der Waals surface area contributed by atoms with Crippen molar-refractivity contribution >= 4 is 23.4 Å². The Morgan fingerprint density at radius 1 is 1.19 bits per heavy atom. The van der Waals surface area contributed by atoms with E-state index in [2.05, 4.69) is 20.8 Å². The molecule has 27 heavy (non-hydrogen) atoms. The van der Waals surface area contributed by atoms with Crippen molar-refractivity contribution in [2.75, 3.05) is 24.8 Å². The van der Waals surface area contributed by atoms with Crippen molar-refractivity contribution in [2.45, 2.75) is 12.1 Å². The molecule has 0 radical (unpaired) electrons. The SMILES string of the molecule is CCOc1ccccc1NC(=O)CSc1nnnn1-c1ccc(OC)cc1. The smallest absolute Gasteiger partial charge is 0.234 e. The number of nitrogens with one attached hydrogen (secondary N) is 1. The maximum Gasteiger partial charge on any atom is 0.234 e. The number of ether oxygens (including phenoxy) is 2. The van der Waals surface area contributed by atoms with Gasteiger partial charge < -0.3 is 14.8 Å². The van der Waals surface area contributed by atoms with E-state index in [0.29, 0.717) is 23.2 Å². The number of hydrogen-bond acceptors (Lipinski definition) is 7. The Morgan fingerprint density at radius 3 is 2.70 bits per heavy atom. The molecule has 1 amide bonds. The van der Waals surface area contributed by atoms with Gasteiger partial charge in [0.25, 0.3) is 0 Å². The molecule has 8 nitrogen and oxygen atoms in total. The summed E-state index contributed by atoms with van der Waals surface area (Å²) >= 11 is 1.25. The van der Waals surface area contributed by atoms with Crippen molar-refractivity contribution in [3.8, 4) is 17.2 Å². The van der Waals surface area contributed by atoms with E-state index >= 15 is 0 Å². The van der Waals surface area contributed by atoms with Gasteiger partial charge in [-0.1, -0.05) is 23.9 Å². The van der Waals surface area contributed by atoms with Gasteiger partial charge in [0.2, 0.25) is 11.1 Å². The molecule has 0 unspecified atom stereocenters. The van der Waals surface area contributed by atoms with Crippen LogP contribution in [0.2, 0.25) is 0 Å². The average molecular weight is 385 g/mol. The number of para-hydroxylation sites is 2. The van der Waals surface area contributed by atoms with Gasteiger partial charge >= 0.3 is 0 Å². The highest BCUT2D eigenvalue weighted by Crippen LogP contribution is 2.25. The fourth-order valence-corrected chi connectivity index (χ4v) is 3.01. The number of hydrogen-bond donors (Lipinski definition) is 1. The zero-order valence-corrected chi connectivity index (χ0v) is 15.8. The molecule has 1 N–H and O–H groups in total. The van der Waals surface area contributed by atoms with Crippen LogP contribution in [0.15, 0.2) is 53.7 Å². The molecule has 0 atom stereocenters. The number of benzene rings is 2. The lowest BCUT2D eigenvalue weighted by Gasteiger charge is -2.11. The zero-order chi connectivity index (χ0) is 19.1. The quantitative estimate of drug-likeness (QED) is 0.596. The minimum Gasteiger partial charge on any atom is -0.497 e. The lowest BCUT2D eigenvalue weighted by Crippen LogP contribution is -2.15. The van der Waals surface area contributed by atoms with Gasteiger partial charge in [-0.3, -0.25) is 4.79 Å². The van der Waals surface area contributed by atoms with Crippen molar-refractivity contribution in [3.63, 3.8) is 0 Å². The Kier molecular flexibility index (Phi) is 6.26. The van der Waals surface area contributed by atoms with Crippen LogP contribution in [0, 0.1) is 0 Å². The van der Waals surface area contributed by atoms with Crippen LogP contribution in [0.1, 0.15) is 6.92 Å². The molecule has 1 aromatic heterocycles. The molecule has 140 valence electrons. The van der Waals surface area contributed by atoms with Crippen LogP contribution in [0.25, 0.3) is 5.69 Å². The van der Waals surface area contributed by atoms with Crippen molar-refractivity contribution in [1.82, 2.24) is 20.2 Å². The molecule has 0 bridgehead atoms. The largest absolute Gasteiger partial charge is 0.497 e. The Labute approximate surface area is 160 Å². The summed E-state index contributed by atoms with van der Waals surface area (Å²) in [5.74, 6) is 1.38. The van der Waals surface area contributed by atoms with E-state index in [1.807, 2.05) is 49.4 Å². The van der Waals surface area contributed by atoms with Crippen molar-refractivity contribution in [1.29, 1.82) is 0 Å². The summed E-state index contributed by atoms with van der Waals surface area (Å²) in [5.41, 5.74) is 1.42. The van der Waals surface area contributed by atoms with Gasteiger partial charge in [-0.25, -0.2) is 0 Å². The summed E-state index contributed by atoms with van der Waals surface area (Å²) in [4.78, 5) is 12.3. The number of carbonyl (C=O) groups is 1. The molecule has 3 rings (SSSR count). The highest BCUT2D eigenvalue weighted by Gasteiger charge is 2.13. The highest BCUT2D eigenvalue weighted by atomic mass is 32.2. The Bertz CT molecular complexity index is 898. The predicted octanol–water partition coefficient (Wildman–Crippen LogP) is 2.80. The van der Waals surface area contributed by atoms with E-state index in [-0.39, 0.29) is 11.7 Å². The van der Waals surface area contributed by atoms with Crippen LogP contribution in [-0.4, -0.2) is 45.6 Å². The lowest BCUT2D eigenvalue weighted by molar-refractivity contribution is -0.113. The number of rotatable bonds is 8. The first kappa shape index (κ1) is 18.7. The first-order chi connectivity index (χ1) is 13.2. The van der Waals surface area contributed by atoms with Crippen LogP contribution < -0.4 is 14.8 Å². The van der Waals surface area contributed by atoms with E-state index in [1.54, 1.807) is 17.9 Å². The van der Waals surface area contributed by atoms with Crippen LogP contribution in [0.5, 0.6) is 11.5 Å². The highest BCUT2D eigenvalue weighted by molar-refractivity contribution is 7.99. The lowest BCUT2D eigenvalue weighted by atomic mass is 10.3. The number of amides is 1. The molecule has 0 aliphatic heterocycles. The second-order valence-electron chi connectivity index (χ2n) is 5.34. The van der Waals surface area contributed by atoms with E-state index < -0.39 is 0 Å².